The molecular weight excluding hydrogens is 228 g/mol. The summed E-state index contributed by atoms with van der Waals surface area (Å²) in [5, 5.41) is 7.57. The van der Waals surface area contributed by atoms with Gasteiger partial charge in [-0.1, -0.05) is 0 Å². The monoisotopic (exact) mass is 248 g/mol. The normalized spacial score (nSPS) is 27.9. The molecule has 1 amide bonds. The second-order valence-corrected chi connectivity index (χ2v) is 5.35. The molecule has 1 N–H and O–H groups in total. The van der Waals surface area contributed by atoms with E-state index in [0.29, 0.717) is 5.91 Å². The minimum atomic E-state index is 0.0901. The summed E-state index contributed by atoms with van der Waals surface area (Å²) in [7, 11) is 1.92. The number of aromatic nitrogens is 2. The molecule has 0 spiro atoms. The Morgan fingerprint density at radius 1 is 1.39 bits per heavy atom. The number of nitrogens with zero attached hydrogens (tertiary/aromatic N) is 3. The Bertz CT molecular complexity index is 436. The van der Waals surface area contributed by atoms with Crippen LogP contribution in [0.15, 0.2) is 12.4 Å². The summed E-state index contributed by atoms with van der Waals surface area (Å²) in [5.41, 5.74) is 1.18. The van der Waals surface area contributed by atoms with Crippen molar-refractivity contribution in [3.05, 3.63) is 18.0 Å². The van der Waals surface area contributed by atoms with Crippen LogP contribution in [0.1, 0.15) is 24.3 Å². The molecule has 0 radical (unpaired) electrons. The summed E-state index contributed by atoms with van der Waals surface area (Å²) in [6.45, 7) is 3.56. The van der Waals surface area contributed by atoms with Crippen LogP contribution in [0.2, 0.25) is 0 Å². The zero-order chi connectivity index (χ0) is 12.5. The third kappa shape index (κ3) is 2.03. The molecule has 2 saturated heterocycles. The van der Waals surface area contributed by atoms with E-state index in [1.54, 1.807) is 0 Å². The predicted molar refractivity (Wildman–Crippen MR) is 68.1 cm³/mol. The number of amides is 1. The van der Waals surface area contributed by atoms with Crippen LogP contribution in [0.4, 0.5) is 0 Å². The van der Waals surface area contributed by atoms with Crippen molar-refractivity contribution in [3.63, 3.8) is 0 Å². The summed E-state index contributed by atoms with van der Waals surface area (Å²) in [6, 6.07) is 0. The summed E-state index contributed by atoms with van der Waals surface area (Å²) in [4.78, 5) is 14.5. The number of hydrogen-bond donors (Lipinski definition) is 1. The van der Waals surface area contributed by atoms with Crippen molar-refractivity contribution in [1.82, 2.24) is 20.0 Å². The van der Waals surface area contributed by atoms with Gasteiger partial charge in [-0.05, 0) is 18.4 Å². The first-order valence-corrected chi connectivity index (χ1v) is 6.74. The molecule has 0 unspecified atom stereocenters. The molecular formula is C13H20N4O. The standard InChI is InChI=1S/C13H20N4O/c1-16-9-10(6-15-16)11-7-14-8-12(11)13(18)17-4-2-3-5-17/h6,9,11-12,14H,2-5,7-8H2,1H3/t11-,12+/m1/s1. The Labute approximate surface area is 107 Å². The highest BCUT2D eigenvalue weighted by atomic mass is 16.2. The van der Waals surface area contributed by atoms with E-state index in [1.165, 1.54) is 5.56 Å². The minimum absolute atomic E-state index is 0.0901. The third-order valence-corrected chi connectivity index (χ3v) is 4.10. The molecule has 18 heavy (non-hydrogen) atoms. The molecule has 0 aliphatic carbocycles. The highest BCUT2D eigenvalue weighted by Gasteiger charge is 2.37. The van der Waals surface area contributed by atoms with E-state index in [4.69, 9.17) is 0 Å². The molecule has 0 aromatic carbocycles. The summed E-state index contributed by atoms with van der Waals surface area (Å²) < 4.78 is 1.81. The van der Waals surface area contributed by atoms with Crippen LogP contribution < -0.4 is 5.32 Å². The number of carbonyl (C=O) groups is 1. The van der Waals surface area contributed by atoms with Gasteiger partial charge in [-0.3, -0.25) is 9.48 Å². The van der Waals surface area contributed by atoms with Crippen LogP contribution in [0.25, 0.3) is 0 Å². The molecule has 98 valence electrons. The molecule has 5 nitrogen and oxygen atoms in total. The molecule has 2 atom stereocenters. The quantitative estimate of drug-likeness (QED) is 0.821. The second kappa shape index (κ2) is 4.72. The van der Waals surface area contributed by atoms with Crippen LogP contribution in [0.5, 0.6) is 0 Å². The molecule has 1 aromatic rings. The summed E-state index contributed by atoms with van der Waals surface area (Å²) in [6.07, 6.45) is 6.23. The van der Waals surface area contributed by atoms with Crippen molar-refractivity contribution in [3.8, 4) is 0 Å². The van der Waals surface area contributed by atoms with Crippen molar-refractivity contribution < 1.29 is 4.79 Å². The Hall–Kier alpha value is -1.36. The molecule has 3 rings (SSSR count). The van der Waals surface area contributed by atoms with Crippen LogP contribution in [-0.2, 0) is 11.8 Å². The third-order valence-electron chi connectivity index (χ3n) is 4.10. The van der Waals surface area contributed by atoms with Gasteiger partial charge in [0, 0.05) is 45.3 Å². The van der Waals surface area contributed by atoms with E-state index < -0.39 is 0 Å². The summed E-state index contributed by atoms with van der Waals surface area (Å²) in [5.74, 6) is 0.699. The molecule has 2 fully saturated rings. The topological polar surface area (TPSA) is 50.2 Å². The number of likely N-dealkylation sites (tertiary alicyclic amines) is 1. The van der Waals surface area contributed by atoms with Crippen LogP contribution >= 0.6 is 0 Å². The van der Waals surface area contributed by atoms with E-state index in [-0.39, 0.29) is 11.8 Å². The van der Waals surface area contributed by atoms with Gasteiger partial charge in [0.15, 0.2) is 0 Å². The SMILES string of the molecule is Cn1cc([C@H]2CNC[C@@H]2C(=O)N2CCCC2)cn1. The maximum absolute atomic E-state index is 12.5. The smallest absolute Gasteiger partial charge is 0.227 e. The fourth-order valence-electron chi connectivity index (χ4n) is 3.09. The molecule has 1 aromatic heterocycles. The first-order valence-electron chi connectivity index (χ1n) is 6.74. The number of nitrogens with one attached hydrogen (secondary N) is 1. The van der Waals surface area contributed by atoms with Gasteiger partial charge in [-0.25, -0.2) is 0 Å². The fourth-order valence-corrected chi connectivity index (χ4v) is 3.09. The Kier molecular flexibility index (Phi) is 3.07. The molecule has 0 saturated carbocycles. The zero-order valence-corrected chi connectivity index (χ0v) is 10.8. The second-order valence-electron chi connectivity index (χ2n) is 5.35. The van der Waals surface area contributed by atoms with Crippen molar-refractivity contribution in [1.29, 1.82) is 0 Å². The largest absolute Gasteiger partial charge is 0.342 e. The highest BCUT2D eigenvalue weighted by molar-refractivity contribution is 5.80. The first-order chi connectivity index (χ1) is 8.75. The van der Waals surface area contributed by atoms with Crippen molar-refractivity contribution in [2.75, 3.05) is 26.2 Å². The van der Waals surface area contributed by atoms with Crippen molar-refractivity contribution in [2.24, 2.45) is 13.0 Å². The number of aryl methyl sites for hydroxylation is 1. The van der Waals surface area contributed by atoms with Gasteiger partial charge in [0.2, 0.25) is 5.91 Å². The fraction of sp³-hybridized carbons (Fsp3) is 0.692. The van der Waals surface area contributed by atoms with Gasteiger partial charge in [0.1, 0.15) is 0 Å². The van der Waals surface area contributed by atoms with E-state index in [1.807, 2.05) is 29.0 Å². The summed E-state index contributed by atoms with van der Waals surface area (Å²) >= 11 is 0. The number of rotatable bonds is 2. The van der Waals surface area contributed by atoms with Gasteiger partial charge in [0.05, 0.1) is 12.1 Å². The van der Waals surface area contributed by atoms with Gasteiger partial charge < -0.3 is 10.2 Å². The van der Waals surface area contributed by atoms with Gasteiger partial charge in [0.25, 0.3) is 0 Å². The minimum Gasteiger partial charge on any atom is -0.342 e. The average Bonchev–Trinajstić information content (AvgIpc) is 3.09. The first kappa shape index (κ1) is 11.7. The lowest BCUT2D eigenvalue weighted by Gasteiger charge is -2.23. The number of hydrogen-bond acceptors (Lipinski definition) is 3. The van der Waals surface area contributed by atoms with Gasteiger partial charge >= 0.3 is 0 Å². The lowest BCUT2D eigenvalue weighted by molar-refractivity contribution is -0.134. The predicted octanol–water partition coefficient (Wildman–Crippen LogP) is 0.345. The molecule has 2 aliphatic rings. The van der Waals surface area contributed by atoms with Crippen LogP contribution in [-0.4, -0.2) is 46.8 Å². The lowest BCUT2D eigenvalue weighted by Crippen LogP contribution is -2.36. The van der Waals surface area contributed by atoms with Crippen molar-refractivity contribution in [2.45, 2.75) is 18.8 Å². The molecule has 2 aliphatic heterocycles. The van der Waals surface area contributed by atoms with E-state index >= 15 is 0 Å². The van der Waals surface area contributed by atoms with Gasteiger partial charge in [-0.2, -0.15) is 5.10 Å². The van der Waals surface area contributed by atoms with Crippen LogP contribution in [0.3, 0.4) is 0 Å². The van der Waals surface area contributed by atoms with Crippen molar-refractivity contribution >= 4 is 5.91 Å². The Balaban J connectivity index is 1.76. The zero-order valence-electron chi connectivity index (χ0n) is 10.8. The average molecular weight is 248 g/mol. The van der Waals surface area contributed by atoms with E-state index in [2.05, 4.69) is 10.4 Å². The van der Waals surface area contributed by atoms with E-state index in [9.17, 15) is 4.79 Å². The maximum Gasteiger partial charge on any atom is 0.227 e. The Morgan fingerprint density at radius 2 is 2.17 bits per heavy atom. The molecule has 5 heteroatoms. The maximum atomic E-state index is 12.5. The molecule has 3 heterocycles. The lowest BCUT2D eigenvalue weighted by atomic mass is 9.90. The van der Waals surface area contributed by atoms with E-state index in [0.717, 1.165) is 39.0 Å². The van der Waals surface area contributed by atoms with Crippen LogP contribution in [0, 0.1) is 5.92 Å². The molecule has 0 bridgehead atoms. The highest BCUT2D eigenvalue weighted by Crippen LogP contribution is 2.30. The van der Waals surface area contributed by atoms with Gasteiger partial charge in [-0.15, -0.1) is 0 Å². The number of carbonyl (C=O) groups excluding carboxylic acids is 1. The Morgan fingerprint density at radius 3 is 2.83 bits per heavy atom.